The lowest BCUT2D eigenvalue weighted by Crippen LogP contribution is -2.43. The maximum absolute atomic E-state index is 5.97. The number of hydrogen-bond acceptors (Lipinski definition) is 5. The summed E-state index contributed by atoms with van der Waals surface area (Å²) in [6, 6.07) is 1.99. The summed E-state index contributed by atoms with van der Waals surface area (Å²) >= 11 is 0. The minimum atomic E-state index is 0.225. The van der Waals surface area contributed by atoms with Gasteiger partial charge in [-0.3, -0.25) is 0 Å². The summed E-state index contributed by atoms with van der Waals surface area (Å²) < 4.78 is 5.12. The summed E-state index contributed by atoms with van der Waals surface area (Å²) in [5.41, 5.74) is 5.97. The average Bonchev–Trinajstić information content (AvgIpc) is 2.39. The molecule has 0 amide bonds. The minimum absolute atomic E-state index is 0.225. The van der Waals surface area contributed by atoms with Gasteiger partial charge in [-0.2, -0.15) is 4.98 Å². The van der Waals surface area contributed by atoms with Gasteiger partial charge in [-0.05, 0) is 25.7 Å². The van der Waals surface area contributed by atoms with Crippen LogP contribution in [0, 0.1) is 5.92 Å². The number of piperidine rings is 1. The van der Waals surface area contributed by atoms with Crippen LogP contribution >= 0.6 is 0 Å². The van der Waals surface area contributed by atoms with Crippen LogP contribution in [0.5, 0.6) is 5.88 Å². The van der Waals surface area contributed by atoms with Gasteiger partial charge in [-0.25, -0.2) is 4.98 Å². The highest BCUT2D eigenvalue weighted by Crippen LogP contribution is 2.22. The van der Waals surface area contributed by atoms with E-state index in [0.717, 1.165) is 25.5 Å². The first kappa shape index (κ1) is 12.1. The van der Waals surface area contributed by atoms with Crippen LogP contribution < -0.4 is 15.4 Å². The zero-order valence-corrected chi connectivity index (χ0v) is 10.5. The molecule has 1 saturated heterocycles. The van der Waals surface area contributed by atoms with E-state index in [1.54, 1.807) is 19.4 Å². The first-order valence-corrected chi connectivity index (χ1v) is 6.08. The van der Waals surface area contributed by atoms with Crippen LogP contribution in [0.15, 0.2) is 12.3 Å². The minimum Gasteiger partial charge on any atom is -0.481 e. The summed E-state index contributed by atoms with van der Waals surface area (Å²) in [7, 11) is 1.62. The Morgan fingerprint density at radius 1 is 1.59 bits per heavy atom. The van der Waals surface area contributed by atoms with Crippen molar-refractivity contribution >= 4 is 5.95 Å². The maximum Gasteiger partial charge on any atom is 0.228 e. The molecule has 2 heterocycles. The molecule has 0 bridgehead atoms. The van der Waals surface area contributed by atoms with Gasteiger partial charge >= 0.3 is 0 Å². The van der Waals surface area contributed by atoms with Gasteiger partial charge in [0.25, 0.3) is 0 Å². The number of rotatable bonds is 3. The number of methoxy groups -OCH3 is 1. The first-order valence-electron chi connectivity index (χ1n) is 6.08. The molecule has 1 aliphatic rings. The third-order valence-corrected chi connectivity index (χ3v) is 3.31. The molecule has 1 aromatic heterocycles. The van der Waals surface area contributed by atoms with Crippen LogP contribution in [0.4, 0.5) is 5.95 Å². The molecule has 1 aromatic rings. The molecule has 2 rings (SSSR count). The Kier molecular flexibility index (Phi) is 3.78. The highest BCUT2D eigenvalue weighted by atomic mass is 16.5. The normalized spacial score (nSPS) is 22.3. The number of nitrogens with two attached hydrogens (primary N) is 1. The summed E-state index contributed by atoms with van der Waals surface area (Å²) in [5, 5.41) is 0. The molecule has 0 radical (unpaired) electrons. The van der Waals surface area contributed by atoms with E-state index in [0.29, 0.717) is 11.8 Å². The van der Waals surface area contributed by atoms with Crippen molar-refractivity contribution in [2.75, 3.05) is 25.1 Å². The van der Waals surface area contributed by atoms with E-state index in [1.807, 2.05) is 0 Å². The van der Waals surface area contributed by atoms with Crippen LogP contribution in [0.1, 0.15) is 19.8 Å². The molecule has 0 spiro atoms. The predicted octanol–water partition coefficient (Wildman–Crippen LogP) is 1.05. The van der Waals surface area contributed by atoms with Crippen LogP contribution in [-0.4, -0.2) is 36.2 Å². The topological polar surface area (TPSA) is 64.3 Å². The highest BCUT2D eigenvalue weighted by Gasteiger charge is 2.24. The average molecular weight is 236 g/mol. The number of ether oxygens (including phenoxy) is 1. The van der Waals surface area contributed by atoms with Gasteiger partial charge < -0.3 is 15.4 Å². The monoisotopic (exact) mass is 236 g/mol. The van der Waals surface area contributed by atoms with Gasteiger partial charge in [-0.15, -0.1) is 0 Å². The van der Waals surface area contributed by atoms with Crippen molar-refractivity contribution in [2.24, 2.45) is 11.7 Å². The standard InChI is InChI=1S/C12H20N4O/c1-9(13)10-4-3-7-16(8-10)12-14-6-5-11(15-12)17-2/h5-6,9-10H,3-4,7-8,13H2,1-2H3. The molecule has 17 heavy (non-hydrogen) atoms. The van der Waals surface area contributed by atoms with Crippen LogP contribution in [0.2, 0.25) is 0 Å². The molecule has 2 unspecified atom stereocenters. The van der Waals surface area contributed by atoms with Crippen LogP contribution in [0.3, 0.4) is 0 Å². The Morgan fingerprint density at radius 2 is 2.41 bits per heavy atom. The third-order valence-electron chi connectivity index (χ3n) is 3.31. The Labute approximate surface area is 102 Å². The molecule has 0 aromatic carbocycles. The molecule has 94 valence electrons. The van der Waals surface area contributed by atoms with Crippen molar-refractivity contribution in [3.05, 3.63) is 12.3 Å². The van der Waals surface area contributed by atoms with Crippen molar-refractivity contribution in [1.29, 1.82) is 0 Å². The second kappa shape index (κ2) is 5.31. The third kappa shape index (κ3) is 2.85. The van der Waals surface area contributed by atoms with E-state index in [2.05, 4.69) is 21.8 Å². The fraction of sp³-hybridized carbons (Fsp3) is 0.667. The summed E-state index contributed by atoms with van der Waals surface area (Å²) in [5.74, 6) is 1.88. The van der Waals surface area contributed by atoms with E-state index < -0.39 is 0 Å². The summed E-state index contributed by atoms with van der Waals surface area (Å²) in [6.45, 7) is 4.00. The first-order chi connectivity index (χ1) is 8.20. The van der Waals surface area contributed by atoms with E-state index in [4.69, 9.17) is 10.5 Å². The summed E-state index contributed by atoms with van der Waals surface area (Å²) in [6.07, 6.45) is 4.07. The van der Waals surface area contributed by atoms with Crippen molar-refractivity contribution in [3.8, 4) is 5.88 Å². The maximum atomic E-state index is 5.97. The Hall–Kier alpha value is -1.36. The van der Waals surface area contributed by atoms with Gasteiger partial charge in [-0.1, -0.05) is 0 Å². The lowest BCUT2D eigenvalue weighted by atomic mass is 9.92. The molecule has 1 fully saturated rings. The van der Waals surface area contributed by atoms with Crippen molar-refractivity contribution in [2.45, 2.75) is 25.8 Å². The zero-order valence-electron chi connectivity index (χ0n) is 10.5. The number of hydrogen-bond donors (Lipinski definition) is 1. The molecule has 1 aliphatic heterocycles. The lowest BCUT2D eigenvalue weighted by molar-refractivity contribution is 0.359. The second-order valence-electron chi connectivity index (χ2n) is 4.61. The van der Waals surface area contributed by atoms with Crippen LogP contribution in [0.25, 0.3) is 0 Å². The molecule has 5 nitrogen and oxygen atoms in total. The van der Waals surface area contributed by atoms with Gasteiger partial charge in [0.15, 0.2) is 0 Å². The van der Waals surface area contributed by atoms with Crippen molar-refractivity contribution < 1.29 is 4.74 Å². The molecule has 5 heteroatoms. The fourth-order valence-corrected chi connectivity index (χ4v) is 2.22. The molecule has 2 atom stereocenters. The molecular formula is C12H20N4O. The number of anilines is 1. The van der Waals surface area contributed by atoms with Gasteiger partial charge in [0.1, 0.15) is 0 Å². The number of nitrogens with zero attached hydrogens (tertiary/aromatic N) is 3. The smallest absolute Gasteiger partial charge is 0.228 e. The van der Waals surface area contributed by atoms with E-state index in [-0.39, 0.29) is 6.04 Å². The molecular weight excluding hydrogens is 216 g/mol. The van der Waals surface area contributed by atoms with Gasteiger partial charge in [0.05, 0.1) is 7.11 Å². The quantitative estimate of drug-likeness (QED) is 0.849. The van der Waals surface area contributed by atoms with Crippen molar-refractivity contribution in [3.63, 3.8) is 0 Å². The van der Waals surface area contributed by atoms with Gasteiger partial charge in [0, 0.05) is 31.4 Å². The number of aromatic nitrogens is 2. The SMILES string of the molecule is COc1ccnc(N2CCCC(C(C)N)C2)n1. The van der Waals surface area contributed by atoms with E-state index >= 15 is 0 Å². The molecule has 0 saturated carbocycles. The van der Waals surface area contributed by atoms with E-state index in [1.165, 1.54) is 6.42 Å². The molecule has 2 N–H and O–H groups in total. The van der Waals surface area contributed by atoms with Gasteiger partial charge in [0.2, 0.25) is 11.8 Å². The molecule has 0 aliphatic carbocycles. The zero-order chi connectivity index (χ0) is 12.3. The predicted molar refractivity (Wildman–Crippen MR) is 67.2 cm³/mol. The fourth-order valence-electron chi connectivity index (χ4n) is 2.22. The Morgan fingerprint density at radius 3 is 3.12 bits per heavy atom. The Balaban J connectivity index is 2.10. The van der Waals surface area contributed by atoms with Crippen LogP contribution in [-0.2, 0) is 0 Å². The van der Waals surface area contributed by atoms with E-state index in [9.17, 15) is 0 Å². The summed E-state index contributed by atoms with van der Waals surface area (Å²) in [4.78, 5) is 10.9. The lowest BCUT2D eigenvalue weighted by Gasteiger charge is -2.34. The largest absolute Gasteiger partial charge is 0.481 e. The Bertz CT molecular complexity index is 369. The second-order valence-corrected chi connectivity index (χ2v) is 4.61. The van der Waals surface area contributed by atoms with Crippen molar-refractivity contribution in [1.82, 2.24) is 9.97 Å². The highest BCUT2D eigenvalue weighted by molar-refractivity contribution is 5.32.